The maximum atomic E-state index is 10.3. The first-order chi connectivity index (χ1) is 16.1. The van der Waals surface area contributed by atoms with Gasteiger partial charge >= 0.3 is 0 Å². The molecule has 3 aliphatic heterocycles. The maximum Gasteiger partial charge on any atom is 0.186 e. The van der Waals surface area contributed by atoms with E-state index in [1.165, 1.54) is 0 Å². The van der Waals surface area contributed by atoms with Crippen LogP contribution < -0.4 is 0 Å². The van der Waals surface area contributed by atoms with Crippen molar-refractivity contribution in [1.82, 2.24) is 0 Å². The summed E-state index contributed by atoms with van der Waals surface area (Å²) in [7, 11) is 0. The highest BCUT2D eigenvalue weighted by Crippen LogP contribution is 2.28. The lowest BCUT2D eigenvalue weighted by Crippen LogP contribution is -2.62. The lowest BCUT2D eigenvalue weighted by Gasteiger charge is -2.43. The van der Waals surface area contributed by atoms with Crippen molar-refractivity contribution in [3.05, 3.63) is 0 Å². The lowest BCUT2D eigenvalue weighted by molar-refractivity contribution is -0.334. The summed E-state index contributed by atoms with van der Waals surface area (Å²) in [6, 6.07) is 0. The monoisotopic (exact) mass is 500 g/mol. The molecular formula is C20H36O14. The number of aliphatic hydroxyl groups excluding tert-OH is 9. The van der Waals surface area contributed by atoms with Gasteiger partial charge in [-0.15, -0.1) is 0 Å². The zero-order valence-corrected chi connectivity index (χ0v) is 18.7. The van der Waals surface area contributed by atoms with Crippen LogP contribution in [0, 0.1) is 5.92 Å². The van der Waals surface area contributed by atoms with E-state index in [4.69, 9.17) is 23.7 Å². The van der Waals surface area contributed by atoms with Crippen molar-refractivity contribution in [2.45, 2.75) is 93.1 Å². The average molecular weight is 500 g/mol. The number of rotatable bonds is 8. The summed E-state index contributed by atoms with van der Waals surface area (Å²) in [6.07, 6.45) is -17.3. The highest BCUT2D eigenvalue weighted by molar-refractivity contribution is 4.92. The van der Waals surface area contributed by atoms with Gasteiger partial charge < -0.3 is 69.6 Å². The Labute approximate surface area is 195 Å². The molecule has 3 saturated heterocycles. The predicted octanol–water partition coefficient (Wildman–Crippen LogP) is -5.23. The van der Waals surface area contributed by atoms with E-state index in [0.717, 1.165) is 0 Å². The van der Waals surface area contributed by atoms with Gasteiger partial charge in [0.15, 0.2) is 12.6 Å². The molecule has 9 N–H and O–H groups in total. The van der Waals surface area contributed by atoms with Crippen LogP contribution >= 0.6 is 0 Å². The molecule has 34 heavy (non-hydrogen) atoms. The molecule has 14 nitrogen and oxygen atoms in total. The van der Waals surface area contributed by atoms with Crippen LogP contribution in [0.2, 0.25) is 0 Å². The Hall–Kier alpha value is -0.560. The summed E-state index contributed by atoms with van der Waals surface area (Å²) >= 11 is 0. The maximum absolute atomic E-state index is 10.3. The first kappa shape index (κ1) is 28.0. The number of hydrogen-bond donors (Lipinski definition) is 9. The van der Waals surface area contributed by atoms with Crippen molar-refractivity contribution >= 4 is 0 Å². The Morgan fingerprint density at radius 3 is 1.68 bits per heavy atom. The first-order valence-electron chi connectivity index (χ1n) is 11.3. The summed E-state index contributed by atoms with van der Waals surface area (Å²) in [5.41, 5.74) is 0. The van der Waals surface area contributed by atoms with Crippen LogP contribution in [0.15, 0.2) is 0 Å². The van der Waals surface area contributed by atoms with Crippen LogP contribution in [0.25, 0.3) is 0 Å². The molecule has 200 valence electrons. The fourth-order valence-electron chi connectivity index (χ4n) is 4.40. The minimum atomic E-state index is -1.68. The molecule has 0 aromatic rings. The van der Waals surface area contributed by atoms with Gasteiger partial charge in [0.25, 0.3) is 0 Å². The number of ether oxygens (including phenoxy) is 5. The summed E-state index contributed by atoms with van der Waals surface area (Å²) in [6.45, 7) is 0.433. The first-order valence-corrected chi connectivity index (χ1v) is 11.3. The van der Waals surface area contributed by atoms with Gasteiger partial charge in [0.1, 0.15) is 54.9 Å². The minimum absolute atomic E-state index is 0.101. The summed E-state index contributed by atoms with van der Waals surface area (Å²) in [5.74, 6) is -0.440. The highest BCUT2D eigenvalue weighted by Gasteiger charge is 2.48. The van der Waals surface area contributed by atoms with E-state index in [2.05, 4.69) is 0 Å². The molecular weight excluding hydrogens is 464 g/mol. The van der Waals surface area contributed by atoms with Crippen molar-refractivity contribution < 1.29 is 69.6 Å². The van der Waals surface area contributed by atoms with E-state index in [0.29, 0.717) is 6.42 Å². The van der Waals surface area contributed by atoms with Gasteiger partial charge in [0, 0.05) is 5.92 Å². The topological polar surface area (TPSA) is 228 Å². The second-order valence-electron chi connectivity index (χ2n) is 8.88. The molecule has 0 spiro atoms. The molecule has 0 aromatic carbocycles. The van der Waals surface area contributed by atoms with E-state index in [1.807, 2.05) is 0 Å². The predicted molar refractivity (Wildman–Crippen MR) is 108 cm³/mol. The minimum Gasteiger partial charge on any atom is -0.394 e. The van der Waals surface area contributed by atoms with Crippen molar-refractivity contribution in [1.29, 1.82) is 0 Å². The van der Waals surface area contributed by atoms with Crippen molar-refractivity contribution in [2.24, 2.45) is 5.92 Å². The molecule has 3 heterocycles. The molecule has 14 unspecified atom stereocenters. The van der Waals surface area contributed by atoms with Crippen LogP contribution in [0.3, 0.4) is 0 Å². The zero-order chi connectivity index (χ0) is 25.2. The Kier molecular flexibility index (Phi) is 9.99. The summed E-state index contributed by atoms with van der Waals surface area (Å²) in [5, 5.41) is 89.8. The Morgan fingerprint density at radius 1 is 0.647 bits per heavy atom. The largest absolute Gasteiger partial charge is 0.394 e. The molecule has 3 rings (SSSR count). The fraction of sp³-hybridized carbons (Fsp3) is 1.00. The van der Waals surface area contributed by atoms with Gasteiger partial charge in [-0.1, -0.05) is 6.92 Å². The molecule has 0 radical (unpaired) electrons. The quantitative estimate of drug-likeness (QED) is 0.152. The van der Waals surface area contributed by atoms with Gasteiger partial charge in [-0.25, -0.2) is 0 Å². The Bertz CT molecular complexity index is 624. The van der Waals surface area contributed by atoms with E-state index < -0.39 is 98.9 Å². The summed E-state index contributed by atoms with van der Waals surface area (Å²) in [4.78, 5) is 0. The van der Waals surface area contributed by atoms with Gasteiger partial charge in [-0.2, -0.15) is 0 Å². The molecule has 0 bridgehead atoms. The third kappa shape index (κ3) is 5.87. The normalized spacial score (nSPS) is 50.3. The molecule has 3 fully saturated rings. The Balaban J connectivity index is 1.58. The van der Waals surface area contributed by atoms with E-state index >= 15 is 0 Å². The second kappa shape index (κ2) is 12.1. The molecule has 0 aromatic heterocycles. The van der Waals surface area contributed by atoms with Gasteiger partial charge in [-0.3, -0.25) is 0 Å². The Morgan fingerprint density at radius 2 is 1.15 bits per heavy atom. The SMILES string of the molecule is CCC1C(COC2OC(COC3OC(CO)C(O)C(O)C3O)C(O)C(O)C2O)OCC(O)C1O. The van der Waals surface area contributed by atoms with Crippen LogP contribution in [0.4, 0.5) is 0 Å². The molecule has 0 aliphatic carbocycles. The van der Waals surface area contributed by atoms with E-state index in [-0.39, 0.29) is 13.2 Å². The number of hydrogen-bond acceptors (Lipinski definition) is 14. The van der Waals surface area contributed by atoms with Crippen LogP contribution in [0.5, 0.6) is 0 Å². The van der Waals surface area contributed by atoms with Gasteiger partial charge in [0.2, 0.25) is 0 Å². The summed E-state index contributed by atoms with van der Waals surface area (Å²) < 4.78 is 27.2. The number of aliphatic hydroxyl groups is 9. The van der Waals surface area contributed by atoms with Crippen LogP contribution in [-0.4, -0.2) is 152 Å². The third-order valence-electron chi connectivity index (χ3n) is 6.63. The van der Waals surface area contributed by atoms with Gasteiger partial charge in [0.05, 0.1) is 38.6 Å². The zero-order valence-electron chi connectivity index (χ0n) is 18.7. The second-order valence-corrected chi connectivity index (χ2v) is 8.88. The van der Waals surface area contributed by atoms with Crippen LogP contribution in [0.1, 0.15) is 13.3 Å². The third-order valence-corrected chi connectivity index (χ3v) is 6.63. The fourth-order valence-corrected chi connectivity index (χ4v) is 4.40. The molecule has 0 saturated carbocycles. The van der Waals surface area contributed by atoms with Gasteiger partial charge in [-0.05, 0) is 6.42 Å². The van der Waals surface area contributed by atoms with Crippen molar-refractivity contribution in [3.8, 4) is 0 Å². The van der Waals surface area contributed by atoms with Crippen molar-refractivity contribution in [3.63, 3.8) is 0 Å². The molecule has 3 aliphatic rings. The van der Waals surface area contributed by atoms with Crippen LogP contribution in [-0.2, 0) is 23.7 Å². The standard InChI is InChI=1S/C20H36O14/c1-2-7-10(30-4-8(22)12(7)23)5-31-20-18(29)16(27)14(25)11(34-20)6-32-19-17(28)15(26)13(24)9(3-21)33-19/h7-29H,2-6H2,1H3. The highest BCUT2D eigenvalue weighted by atomic mass is 16.7. The molecule has 14 heteroatoms. The molecule has 14 atom stereocenters. The van der Waals surface area contributed by atoms with Crippen molar-refractivity contribution in [2.75, 3.05) is 26.4 Å². The smallest absolute Gasteiger partial charge is 0.186 e. The van der Waals surface area contributed by atoms with E-state index in [9.17, 15) is 46.0 Å². The van der Waals surface area contributed by atoms with E-state index in [1.54, 1.807) is 6.92 Å². The average Bonchev–Trinajstić information content (AvgIpc) is 2.83. The lowest BCUT2D eigenvalue weighted by atomic mass is 9.88. The molecule has 0 amide bonds.